The molecule has 4 aromatic heterocycles. The molecule has 4 aromatic rings. The van der Waals surface area contributed by atoms with Gasteiger partial charge in [-0.05, 0) is 71.8 Å². The van der Waals surface area contributed by atoms with E-state index in [1.165, 1.54) is 171 Å². The van der Waals surface area contributed by atoms with E-state index in [1.807, 2.05) is 45.3 Å². The van der Waals surface area contributed by atoms with Gasteiger partial charge >= 0.3 is 0 Å². The van der Waals surface area contributed by atoms with Crippen molar-refractivity contribution in [2.75, 3.05) is 0 Å². The van der Waals surface area contributed by atoms with E-state index in [1.54, 1.807) is 11.1 Å². The lowest BCUT2D eigenvalue weighted by Crippen LogP contribution is -1.87. The summed E-state index contributed by atoms with van der Waals surface area (Å²) in [6, 6.07) is 14.2. The Bertz CT molecular complexity index is 1140. The molecule has 0 unspecified atom stereocenters. The lowest BCUT2D eigenvalue weighted by atomic mass is 10.0. The molecule has 0 bridgehead atoms. The van der Waals surface area contributed by atoms with Gasteiger partial charge in [-0.15, -0.1) is 45.3 Å². The van der Waals surface area contributed by atoms with Gasteiger partial charge in [-0.25, -0.2) is 0 Å². The molecule has 0 radical (unpaired) electrons. The minimum Gasteiger partial charge on any atom is -0.143 e. The highest BCUT2D eigenvalue weighted by molar-refractivity contribution is 7.28. The number of hydrogen-bond acceptors (Lipinski definition) is 4. The zero-order chi connectivity index (χ0) is 30.7. The molecule has 0 saturated carbocycles. The molecule has 0 nitrogen and oxygen atoms in total. The Labute approximate surface area is 286 Å². The molecule has 0 aliphatic rings. The first-order chi connectivity index (χ1) is 21.8. The highest BCUT2D eigenvalue weighted by Crippen LogP contribution is 2.46. The van der Waals surface area contributed by atoms with E-state index in [2.05, 4.69) is 61.0 Å². The van der Waals surface area contributed by atoms with E-state index in [0.717, 1.165) is 0 Å². The van der Waals surface area contributed by atoms with Crippen LogP contribution in [-0.2, 0) is 12.8 Å². The fourth-order valence-electron chi connectivity index (χ4n) is 6.31. The van der Waals surface area contributed by atoms with Gasteiger partial charge in [0.05, 0.1) is 0 Å². The van der Waals surface area contributed by atoms with Gasteiger partial charge in [0.2, 0.25) is 0 Å². The second-order valence-electron chi connectivity index (χ2n) is 12.7. The van der Waals surface area contributed by atoms with Crippen LogP contribution in [0, 0.1) is 0 Å². The summed E-state index contributed by atoms with van der Waals surface area (Å²) in [5, 5.41) is 4.48. The first kappa shape index (κ1) is 35.7. The number of rotatable bonds is 25. The molecule has 0 aliphatic heterocycles. The van der Waals surface area contributed by atoms with Gasteiger partial charge in [0.15, 0.2) is 0 Å². The molecule has 242 valence electrons. The lowest BCUT2D eigenvalue weighted by Gasteiger charge is -2.04. The van der Waals surface area contributed by atoms with Crippen molar-refractivity contribution >= 4 is 45.3 Å². The standard InChI is InChI=1S/C40H58S4/c1-3-5-7-9-11-13-15-17-19-21-25-33-31-37(43-39(33)35-27-23-29-41-35)38-32-34(40(44-38)36-28-24-30-42-36)26-22-20-18-16-14-12-10-8-6-4-2/h23-24,27-32H,3-22,25-26H2,1-2H3. The summed E-state index contributed by atoms with van der Waals surface area (Å²) in [4.78, 5) is 8.90. The quantitative estimate of drug-likeness (QED) is 0.0618. The Balaban J connectivity index is 1.33. The smallest absolute Gasteiger partial charge is 0.0481 e. The van der Waals surface area contributed by atoms with Gasteiger partial charge in [0.1, 0.15) is 0 Å². The molecule has 0 aromatic carbocycles. The first-order valence-corrected chi connectivity index (χ1v) is 21.5. The van der Waals surface area contributed by atoms with Gasteiger partial charge in [0, 0.05) is 29.3 Å². The minimum atomic E-state index is 1.22. The van der Waals surface area contributed by atoms with Crippen molar-refractivity contribution in [2.45, 2.75) is 155 Å². The van der Waals surface area contributed by atoms with E-state index in [0.29, 0.717) is 0 Å². The average Bonchev–Trinajstić information content (AvgIpc) is 3.86. The zero-order valence-electron chi connectivity index (χ0n) is 27.8. The largest absolute Gasteiger partial charge is 0.143 e. The van der Waals surface area contributed by atoms with Gasteiger partial charge < -0.3 is 0 Å². The molecule has 0 N–H and O–H groups in total. The molecule has 4 rings (SSSR count). The van der Waals surface area contributed by atoms with Crippen molar-refractivity contribution in [1.29, 1.82) is 0 Å². The second-order valence-corrected chi connectivity index (χ2v) is 16.7. The number of thiophene rings is 4. The molecule has 0 atom stereocenters. The van der Waals surface area contributed by atoms with Crippen molar-refractivity contribution in [3.8, 4) is 29.3 Å². The predicted octanol–water partition coefficient (Wildman–Crippen LogP) is 15.9. The van der Waals surface area contributed by atoms with Crippen LogP contribution in [0.25, 0.3) is 29.3 Å². The van der Waals surface area contributed by atoms with E-state index >= 15 is 0 Å². The third kappa shape index (κ3) is 12.2. The van der Waals surface area contributed by atoms with Crippen molar-refractivity contribution in [3.05, 3.63) is 58.3 Å². The molecule has 0 fully saturated rings. The minimum absolute atomic E-state index is 1.22. The van der Waals surface area contributed by atoms with E-state index < -0.39 is 0 Å². The van der Waals surface area contributed by atoms with Crippen LogP contribution < -0.4 is 0 Å². The topological polar surface area (TPSA) is 0 Å². The fourth-order valence-corrected chi connectivity index (χ4v) is 10.6. The first-order valence-electron chi connectivity index (χ1n) is 18.1. The highest BCUT2D eigenvalue weighted by atomic mass is 32.1. The summed E-state index contributed by atoms with van der Waals surface area (Å²) in [5.41, 5.74) is 3.16. The average molecular weight is 667 g/mol. The monoisotopic (exact) mass is 666 g/mol. The molecule has 44 heavy (non-hydrogen) atoms. The molecule has 0 aliphatic carbocycles. The summed E-state index contributed by atoms with van der Waals surface area (Å²) < 4.78 is 0. The number of unbranched alkanes of at least 4 members (excludes halogenated alkanes) is 18. The maximum absolute atomic E-state index is 2.56. The Morgan fingerprint density at radius 2 is 0.750 bits per heavy atom. The van der Waals surface area contributed by atoms with Crippen LogP contribution in [0.15, 0.2) is 47.2 Å². The maximum Gasteiger partial charge on any atom is 0.0481 e. The SMILES string of the molecule is CCCCCCCCCCCCc1cc(-c2cc(CCCCCCCCCCCC)c(-c3cccs3)s2)sc1-c1cccs1. The molecule has 0 amide bonds. The third-order valence-electron chi connectivity index (χ3n) is 8.95. The summed E-state index contributed by atoms with van der Waals surface area (Å²) in [6.45, 7) is 4.61. The molecule has 0 spiro atoms. The van der Waals surface area contributed by atoms with Crippen LogP contribution in [0.1, 0.15) is 153 Å². The van der Waals surface area contributed by atoms with Gasteiger partial charge in [0.25, 0.3) is 0 Å². The van der Waals surface area contributed by atoms with E-state index in [-0.39, 0.29) is 0 Å². The van der Waals surface area contributed by atoms with Crippen molar-refractivity contribution in [1.82, 2.24) is 0 Å². The molecule has 4 heterocycles. The van der Waals surface area contributed by atoms with Crippen LogP contribution >= 0.6 is 45.3 Å². The van der Waals surface area contributed by atoms with Gasteiger partial charge in [-0.2, -0.15) is 0 Å². The van der Waals surface area contributed by atoms with Crippen molar-refractivity contribution in [3.63, 3.8) is 0 Å². The number of hydrogen-bond donors (Lipinski definition) is 0. The van der Waals surface area contributed by atoms with E-state index in [4.69, 9.17) is 0 Å². The third-order valence-corrected chi connectivity index (χ3v) is 13.6. The van der Waals surface area contributed by atoms with Crippen LogP contribution in [-0.4, -0.2) is 0 Å². The number of aryl methyl sites for hydroxylation is 2. The van der Waals surface area contributed by atoms with Crippen LogP contribution in [0.3, 0.4) is 0 Å². The summed E-state index contributed by atoms with van der Waals surface area (Å²) in [5.74, 6) is 0. The Hall–Kier alpha value is -1.20. The summed E-state index contributed by atoms with van der Waals surface area (Å²) >= 11 is 7.88. The second kappa shape index (κ2) is 21.6. The van der Waals surface area contributed by atoms with Crippen LogP contribution in [0.4, 0.5) is 0 Å². The Morgan fingerprint density at radius 1 is 0.409 bits per heavy atom. The van der Waals surface area contributed by atoms with Crippen molar-refractivity contribution in [2.24, 2.45) is 0 Å². The van der Waals surface area contributed by atoms with Crippen LogP contribution in [0.2, 0.25) is 0 Å². The Kier molecular flexibility index (Phi) is 17.5. The molecule has 4 heteroatoms. The highest BCUT2D eigenvalue weighted by Gasteiger charge is 2.18. The lowest BCUT2D eigenvalue weighted by molar-refractivity contribution is 0.556. The zero-order valence-corrected chi connectivity index (χ0v) is 31.1. The molecule has 0 saturated heterocycles. The van der Waals surface area contributed by atoms with Crippen LogP contribution in [0.5, 0.6) is 0 Å². The van der Waals surface area contributed by atoms with Gasteiger partial charge in [-0.1, -0.05) is 142 Å². The normalized spacial score (nSPS) is 11.6. The molecular formula is C40H58S4. The predicted molar refractivity (Wildman–Crippen MR) is 205 cm³/mol. The Morgan fingerprint density at radius 3 is 1.07 bits per heavy atom. The maximum atomic E-state index is 2.56. The van der Waals surface area contributed by atoms with E-state index in [9.17, 15) is 0 Å². The molecular weight excluding hydrogens is 609 g/mol. The summed E-state index contributed by atoms with van der Waals surface area (Å²) in [6.07, 6.45) is 30.4. The van der Waals surface area contributed by atoms with Crippen molar-refractivity contribution < 1.29 is 0 Å². The summed E-state index contributed by atoms with van der Waals surface area (Å²) in [7, 11) is 0. The fraction of sp³-hybridized carbons (Fsp3) is 0.600. The van der Waals surface area contributed by atoms with Gasteiger partial charge in [-0.3, -0.25) is 0 Å².